The molecule has 0 spiro atoms. The number of rotatable bonds is 8. The van der Waals surface area contributed by atoms with Gasteiger partial charge >= 0.3 is 0 Å². The summed E-state index contributed by atoms with van der Waals surface area (Å²) in [5.74, 6) is 2.57. The van der Waals surface area contributed by atoms with Gasteiger partial charge in [-0.2, -0.15) is 0 Å². The van der Waals surface area contributed by atoms with Crippen molar-refractivity contribution in [2.75, 3.05) is 20.8 Å². The van der Waals surface area contributed by atoms with Gasteiger partial charge in [-0.1, -0.05) is 36.7 Å². The van der Waals surface area contributed by atoms with Crippen LogP contribution < -0.4 is 0 Å². The fourth-order valence-electron chi connectivity index (χ4n) is 9.02. The third-order valence-electron chi connectivity index (χ3n) is 10.4. The average Bonchev–Trinajstić information content (AvgIpc) is 3.09. The molecular formula is C30H54N2O4Si2. The average molecular weight is 563 g/mol. The van der Waals surface area contributed by atoms with Gasteiger partial charge in [0.05, 0.1) is 12.3 Å². The molecule has 216 valence electrons. The van der Waals surface area contributed by atoms with E-state index in [-0.39, 0.29) is 10.8 Å². The molecule has 7 atom stereocenters. The predicted molar refractivity (Wildman–Crippen MR) is 162 cm³/mol. The van der Waals surface area contributed by atoms with Gasteiger partial charge in [-0.05, 0) is 119 Å². The van der Waals surface area contributed by atoms with Crippen LogP contribution in [0.3, 0.4) is 0 Å². The smallest absolute Gasteiger partial charge is 0.185 e. The number of allylic oxidation sites excluding steroid dienone is 2. The van der Waals surface area contributed by atoms with Crippen LogP contribution in [0.4, 0.5) is 0 Å². The number of hydrogen-bond acceptors (Lipinski definition) is 6. The zero-order valence-electron chi connectivity index (χ0n) is 26.1. The second-order valence-corrected chi connectivity index (χ2v) is 23.9. The second kappa shape index (κ2) is 10.5. The highest BCUT2D eigenvalue weighted by Gasteiger charge is 2.67. The molecule has 0 aliphatic heterocycles. The first-order valence-electron chi connectivity index (χ1n) is 14.9. The van der Waals surface area contributed by atoms with Crippen LogP contribution in [0.1, 0.15) is 65.7 Å². The molecule has 0 N–H and O–H groups in total. The van der Waals surface area contributed by atoms with Crippen molar-refractivity contribution in [1.82, 2.24) is 0 Å². The summed E-state index contributed by atoms with van der Waals surface area (Å²) in [7, 11) is -0.328. The fraction of sp³-hybridized carbons (Fsp3) is 0.867. The molecule has 0 radical (unpaired) electrons. The number of fused-ring (bicyclic) bond motifs is 5. The molecule has 0 bridgehead atoms. The van der Waals surface area contributed by atoms with E-state index in [1.807, 2.05) is 0 Å². The normalized spacial score (nSPS) is 40.8. The maximum Gasteiger partial charge on any atom is 0.185 e. The first-order valence-corrected chi connectivity index (χ1v) is 21.7. The molecule has 0 aromatic heterocycles. The first kappa shape index (κ1) is 30.0. The monoisotopic (exact) mass is 562 g/mol. The van der Waals surface area contributed by atoms with E-state index in [1.165, 1.54) is 25.7 Å². The maximum absolute atomic E-state index is 7.34. The summed E-state index contributed by atoms with van der Waals surface area (Å²) in [5.41, 5.74) is 3.54. The van der Waals surface area contributed by atoms with E-state index < -0.39 is 22.2 Å². The lowest BCUT2D eigenvalue weighted by Crippen LogP contribution is -2.62. The van der Waals surface area contributed by atoms with Crippen molar-refractivity contribution in [2.24, 2.45) is 44.8 Å². The van der Waals surface area contributed by atoms with Gasteiger partial charge in [0.25, 0.3) is 0 Å². The molecule has 1 unspecified atom stereocenters. The minimum absolute atomic E-state index is 0.0171. The lowest BCUT2D eigenvalue weighted by molar-refractivity contribution is -0.0956. The standard InChI is InChI=1S/C30H54N2O4Si2/c1-21-18-23-24(28(2)15-12-22(31-33-4)19-26(21)28)13-16-29(3)25(23)14-17-30(29,36-38(9,10)11)27(32-34-5)20-35-37(6,7)8/h19,21,23-25H,12-18,20H2,1-11H3/b31-22-,32-27+/t21?,23-,24+,25+,28-,29+,30+/m1/s1. The summed E-state index contributed by atoms with van der Waals surface area (Å²) in [6, 6.07) is 0. The molecule has 0 saturated heterocycles. The molecule has 0 heterocycles. The van der Waals surface area contributed by atoms with Crippen LogP contribution in [0.2, 0.25) is 39.3 Å². The number of oxime groups is 2. The quantitative estimate of drug-likeness (QED) is 0.173. The molecule has 4 rings (SSSR count). The largest absolute Gasteiger partial charge is 0.412 e. The van der Waals surface area contributed by atoms with Crippen LogP contribution in [-0.4, -0.2) is 54.5 Å². The van der Waals surface area contributed by atoms with E-state index in [0.29, 0.717) is 30.3 Å². The Morgan fingerprint density at radius 3 is 2.24 bits per heavy atom. The number of nitrogens with zero attached hydrogens (tertiary/aromatic N) is 2. The Balaban J connectivity index is 1.74. The van der Waals surface area contributed by atoms with Crippen molar-refractivity contribution >= 4 is 28.1 Å². The Bertz CT molecular complexity index is 984. The molecular weight excluding hydrogens is 509 g/mol. The van der Waals surface area contributed by atoms with Crippen molar-refractivity contribution in [3.05, 3.63) is 11.6 Å². The van der Waals surface area contributed by atoms with E-state index >= 15 is 0 Å². The molecule has 4 aliphatic rings. The van der Waals surface area contributed by atoms with E-state index in [2.05, 4.69) is 71.3 Å². The van der Waals surface area contributed by atoms with Gasteiger partial charge in [-0.3, -0.25) is 0 Å². The SMILES string of the molecule is CO/N=C1\C=C2C(C)C[C@@H]3[C@H](CC[C@@]4(C)[C@H]3CC[C@]4(O[Si](C)(C)C)/C(CO[Si](C)(C)C)=N/OC)[C@@]2(C)CC1. The fourth-order valence-corrected chi connectivity index (χ4v) is 11.1. The van der Waals surface area contributed by atoms with Crippen LogP contribution in [0, 0.1) is 34.5 Å². The summed E-state index contributed by atoms with van der Waals surface area (Å²) < 4.78 is 13.8. The first-order chi connectivity index (χ1) is 17.6. The summed E-state index contributed by atoms with van der Waals surface area (Å²) in [6.07, 6.45) is 10.4. The molecule has 0 amide bonds. The summed E-state index contributed by atoms with van der Waals surface area (Å²) in [6.45, 7) is 21.7. The van der Waals surface area contributed by atoms with Crippen LogP contribution in [0.25, 0.3) is 0 Å². The van der Waals surface area contributed by atoms with E-state index in [1.54, 1.807) is 19.8 Å². The summed E-state index contributed by atoms with van der Waals surface area (Å²) >= 11 is 0. The minimum Gasteiger partial charge on any atom is -0.412 e. The molecule has 8 heteroatoms. The van der Waals surface area contributed by atoms with Gasteiger partial charge in [0.2, 0.25) is 0 Å². The van der Waals surface area contributed by atoms with Crippen molar-refractivity contribution in [3.63, 3.8) is 0 Å². The van der Waals surface area contributed by atoms with Gasteiger partial charge in [0, 0.05) is 5.41 Å². The van der Waals surface area contributed by atoms with Crippen molar-refractivity contribution in [3.8, 4) is 0 Å². The van der Waals surface area contributed by atoms with Crippen LogP contribution in [0.15, 0.2) is 22.0 Å². The molecule has 0 aromatic rings. The third kappa shape index (κ3) is 5.24. The van der Waals surface area contributed by atoms with Crippen LogP contribution >= 0.6 is 0 Å². The highest BCUT2D eigenvalue weighted by Crippen LogP contribution is 2.69. The summed E-state index contributed by atoms with van der Waals surface area (Å²) in [5, 5.41) is 9.03. The third-order valence-corrected chi connectivity index (χ3v) is 12.4. The zero-order valence-corrected chi connectivity index (χ0v) is 28.1. The Labute approximate surface area is 234 Å². The lowest BCUT2D eigenvalue weighted by Gasteiger charge is -2.61. The molecule has 6 nitrogen and oxygen atoms in total. The molecule has 3 saturated carbocycles. The van der Waals surface area contributed by atoms with Gasteiger partial charge in [-0.15, -0.1) is 0 Å². The van der Waals surface area contributed by atoms with Gasteiger partial charge in [0.15, 0.2) is 16.6 Å². The van der Waals surface area contributed by atoms with Crippen molar-refractivity contribution in [2.45, 2.75) is 111 Å². The van der Waals surface area contributed by atoms with Gasteiger partial charge < -0.3 is 18.5 Å². The Hall–Kier alpha value is -0.966. The predicted octanol–water partition coefficient (Wildman–Crippen LogP) is 7.64. The van der Waals surface area contributed by atoms with Gasteiger partial charge in [0.1, 0.15) is 25.5 Å². The molecule has 0 aromatic carbocycles. The maximum atomic E-state index is 7.34. The van der Waals surface area contributed by atoms with Gasteiger partial charge in [-0.25, -0.2) is 0 Å². The minimum atomic E-state index is -1.91. The molecule has 4 aliphatic carbocycles. The Morgan fingerprint density at radius 2 is 1.63 bits per heavy atom. The van der Waals surface area contributed by atoms with Crippen LogP contribution in [-0.2, 0) is 18.5 Å². The Kier molecular flexibility index (Phi) is 8.26. The topological polar surface area (TPSA) is 61.6 Å². The highest BCUT2D eigenvalue weighted by molar-refractivity contribution is 6.70. The van der Waals surface area contributed by atoms with Crippen molar-refractivity contribution in [1.29, 1.82) is 0 Å². The van der Waals surface area contributed by atoms with E-state index in [0.717, 1.165) is 30.7 Å². The van der Waals surface area contributed by atoms with E-state index in [9.17, 15) is 0 Å². The summed E-state index contributed by atoms with van der Waals surface area (Å²) in [4.78, 5) is 10.7. The van der Waals surface area contributed by atoms with Crippen molar-refractivity contribution < 1.29 is 18.5 Å². The van der Waals surface area contributed by atoms with Crippen LogP contribution in [0.5, 0.6) is 0 Å². The zero-order chi connectivity index (χ0) is 28.1. The Morgan fingerprint density at radius 1 is 0.947 bits per heavy atom. The van der Waals surface area contributed by atoms with E-state index in [4.69, 9.17) is 23.7 Å². The molecule has 38 heavy (non-hydrogen) atoms. The highest BCUT2D eigenvalue weighted by atomic mass is 28.4. The molecule has 3 fully saturated rings. The second-order valence-electron chi connectivity index (χ2n) is 15.0. The number of hydrogen-bond donors (Lipinski definition) is 0. The lowest BCUT2D eigenvalue weighted by atomic mass is 9.44.